The van der Waals surface area contributed by atoms with Gasteiger partial charge in [-0.2, -0.15) is 13.2 Å². The lowest BCUT2D eigenvalue weighted by molar-refractivity contribution is -0.385. The SMILES string of the molecule is O=[N+]([O-])c1cnccc1C1=CC(O)CC(C(F)(F)F)C1. The molecule has 2 rings (SSSR count). The van der Waals surface area contributed by atoms with Gasteiger partial charge in [0.1, 0.15) is 6.20 Å². The molecule has 0 amide bonds. The molecule has 108 valence electrons. The van der Waals surface area contributed by atoms with Gasteiger partial charge in [-0.3, -0.25) is 15.1 Å². The summed E-state index contributed by atoms with van der Waals surface area (Å²) < 4.78 is 38.3. The van der Waals surface area contributed by atoms with Crippen LogP contribution in [-0.2, 0) is 0 Å². The van der Waals surface area contributed by atoms with Crippen LogP contribution in [0.1, 0.15) is 18.4 Å². The van der Waals surface area contributed by atoms with E-state index in [9.17, 15) is 28.4 Å². The number of hydrogen-bond acceptors (Lipinski definition) is 4. The molecule has 2 unspecified atom stereocenters. The number of hydrogen-bond donors (Lipinski definition) is 1. The maximum absolute atomic E-state index is 12.8. The third-order valence-electron chi connectivity index (χ3n) is 3.19. The number of rotatable bonds is 2. The maximum Gasteiger partial charge on any atom is 0.392 e. The summed E-state index contributed by atoms with van der Waals surface area (Å²) in [6.45, 7) is 0. The van der Waals surface area contributed by atoms with Crippen LogP contribution in [-0.4, -0.2) is 27.3 Å². The minimum absolute atomic E-state index is 0.0676. The van der Waals surface area contributed by atoms with Crippen molar-refractivity contribution in [2.75, 3.05) is 0 Å². The third kappa shape index (κ3) is 2.96. The van der Waals surface area contributed by atoms with Crippen LogP contribution >= 0.6 is 0 Å². The van der Waals surface area contributed by atoms with Gasteiger partial charge >= 0.3 is 6.18 Å². The summed E-state index contributed by atoms with van der Waals surface area (Å²) in [7, 11) is 0. The van der Waals surface area contributed by atoms with E-state index in [4.69, 9.17) is 0 Å². The first-order valence-electron chi connectivity index (χ1n) is 5.83. The Balaban J connectivity index is 2.40. The standard InChI is InChI=1S/C12H11F3N2O3/c13-12(14,15)8-3-7(4-9(18)5-8)10-1-2-16-6-11(10)17(19)20/h1-2,4,6,8-9,18H,3,5H2. The summed E-state index contributed by atoms with van der Waals surface area (Å²) in [6, 6.07) is 1.29. The molecule has 1 N–H and O–H groups in total. The number of aromatic nitrogens is 1. The van der Waals surface area contributed by atoms with E-state index < -0.39 is 29.5 Å². The molecule has 0 spiro atoms. The van der Waals surface area contributed by atoms with E-state index in [2.05, 4.69) is 4.98 Å². The molecule has 0 bridgehead atoms. The van der Waals surface area contributed by atoms with Crippen molar-refractivity contribution >= 4 is 11.3 Å². The van der Waals surface area contributed by atoms with Crippen LogP contribution in [0, 0.1) is 16.0 Å². The maximum atomic E-state index is 12.8. The van der Waals surface area contributed by atoms with Gasteiger partial charge in [-0.25, -0.2) is 0 Å². The summed E-state index contributed by atoms with van der Waals surface area (Å²) in [4.78, 5) is 13.8. The van der Waals surface area contributed by atoms with E-state index in [0.717, 1.165) is 6.20 Å². The molecule has 8 heteroatoms. The molecule has 1 aromatic heterocycles. The van der Waals surface area contributed by atoms with Gasteiger partial charge in [0.05, 0.1) is 22.5 Å². The first kappa shape index (κ1) is 14.4. The van der Waals surface area contributed by atoms with Crippen molar-refractivity contribution in [2.45, 2.75) is 25.1 Å². The van der Waals surface area contributed by atoms with E-state index in [1.165, 1.54) is 18.3 Å². The van der Waals surface area contributed by atoms with Crippen LogP contribution in [0.3, 0.4) is 0 Å². The van der Waals surface area contributed by atoms with Gasteiger partial charge in [-0.1, -0.05) is 6.08 Å². The van der Waals surface area contributed by atoms with E-state index >= 15 is 0 Å². The zero-order valence-corrected chi connectivity index (χ0v) is 10.2. The summed E-state index contributed by atoms with van der Waals surface area (Å²) in [5, 5.41) is 20.4. The number of pyridine rings is 1. The Morgan fingerprint density at radius 1 is 1.45 bits per heavy atom. The average Bonchev–Trinajstić information content (AvgIpc) is 2.37. The summed E-state index contributed by atoms with van der Waals surface area (Å²) in [5.74, 6) is -1.70. The fraction of sp³-hybridized carbons (Fsp3) is 0.417. The second-order valence-electron chi connectivity index (χ2n) is 4.59. The molecule has 1 aromatic rings. The lowest BCUT2D eigenvalue weighted by atomic mass is 9.83. The molecule has 0 fully saturated rings. The lowest BCUT2D eigenvalue weighted by Crippen LogP contribution is -2.30. The van der Waals surface area contributed by atoms with Gasteiger partial charge in [0.25, 0.3) is 5.69 Å². The first-order chi connectivity index (χ1) is 9.29. The number of nitrogens with zero attached hydrogens (tertiary/aromatic N) is 2. The van der Waals surface area contributed by atoms with Gasteiger partial charge in [-0.05, 0) is 24.5 Å². The Bertz CT molecular complexity index is 557. The molecule has 1 heterocycles. The number of aliphatic hydroxyl groups excluding tert-OH is 1. The molecule has 2 atom stereocenters. The highest BCUT2D eigenvalue weighted by Crippen LogP contribution is 2.42. The quantitative estimate of drug-likeness (QED) is 0.670. The number of aliphatic hydroxyl groups is 1. The molecule has 1 aliphatic carbocycles. The minimum atomic E-state index is -4.44. The predicted octanol–water partition coefficient (Wildman–Crippen LogP) is 2.71. The van der Waals surface area contributed by atoms with Gasteiger partial charge < -0.3 is 5.11 Å². The van der Waals surface area contributed by atoms with E-state index in [1.807, 2.05) is 0 Å². The Hall–Kier alpha value is -1.96. The highest BCUT2D eigenvalue weighted by molar-refractivity contribution is 5.73. The van der Waals surface area contributed by atoms with Crippen molar-refractivity contribution in [1.29, 1.82) is 0 Å². The molecular formula is C12H11F3N2O3. The number of halogens is 3. The Labute approximate surface area is 111 Å². The van der Waals surface area contributed by atoms with Crippen LogP contribution in [0.4, 0.5) is 18.9 Å². The molecule has 0 aromatic carbocycles. The fourth-order valence-corrected chi connectivity index (χ4v) is 2.26. The third-order valence-corrected chi connectivity index (χ3v) is 3.19. The average molecular weight is 288 g/mol. The molecule has 0 saturated carbocycles. The Morgan fingerprint density at radius 3 is 2.75 bits per heavy atom. The van der Waals surface area contributed by atoms with Gasteiger partial charge in [-0.15, -0.1) is 0 Å². The summed E-state index contributed by atoms with van der Waals surface area (Å²) in [6.07, 6.45) is -3.02. The van der Waals surface area contributed by atoms with Crippen molar-refractivity contribution in [3.63, 3.8) is 0 Å². The number of allylic oxidation sites excluding steroid dienone is 1. The molecule has 0 aliphatic heterocycles. The lowest BCUT2D eigenvalue weighted by Gasteiger charge is -2.27. The van der Waals surface area contributed by atoms with E-state index in [0.29, 0.717) is 0 Å². The molecule has 20 heavy (non-hydrogen) atoms. The molecule has 0 radical (unpaired) electrons. The van der Waals surface area contributed by atoms with Crippen molar-refractivity contribution in [3.8, 4) is 0 Å². The topological polar surface area (TPSA) is 76.3 Å². The molecule has 5 nitrogen and oxygen atoms in total. The second kappa shape index (κ2) is 5.20. The Morgan fingerprint density at radius 2 is 2.15 bits per heavy atom. The molecular weight excluding hydrogens is 277 g/mol. The van der Waals surface area contributed by atoms with E-state index in [-0.39, 0.29) is 23.2 Å². The highest BCUT2D eigenvalue weighted by atomic mass is 19.4. The number of alkyl halides is 3. The Kier molecular flexibility index (Phi) is 3.76. The van der Waals surface area contributed by atoms with Gasteiger partial charge in [0.2, 0.25) is 0 Å². The minimum Gasteiger partial charge on any atom is -0.389 e. The first-order valence-corrected chi connectivity index (χ1v) is 5.83. The van der Waals surface area contributed by atoms with Gasteiger partial charge in [0, 0.05) is 6.20 Å². The van der Waals surface area contributed by atoms with Crippen molar-refractivity contribution in [1.82, 2.24) is 4.98 Å². The van der Waals surface area contributed by atoms with Crippen LogP contribution in [0.15, 0.2) is 24.5 Å². The molecule has 1 aliphatic rings. The van der Waals surface area contributed by atoms with E-state index in [1.54, 1.807) is 0 Å². The van der Waals surface area contributed by atoms with Crippen LogP contribution in [0.5, 0.6) is 0 Å². The fourth-order valence-electron chi connectivity index (χ4n) is 2.26. The van der Waals surface area contributed by atoms with Crippen LogP contribution in [0.2, 0.25) is 0 Å². The van der Waals surface area contributed by atoms with Crippen molar-refractivity contribution < 1.29 is 23.2 Å². The monoisotopic (exact) mass is 288 g/mol. The summed E-state index contributed by atoms with van der Waals surface area (Å²) >= 11 is 0. The highest BCUT2D eigenvalue weighted by Gasteiger charge is 2.43. The smallest absolute Gasteiger partial charge is 0.389 e. The predicted molar refractivity (Wildman–Crippen MR) is 63.7 cm³/mol. The summed E-state index contributed by atoms with van der Waals surface area (Å²) in [5.41, 5.74) is -0.174. The van der Waals surface area contributed by atoms with Crippen molar-refractivity contribution in [2.24, 2.45) is 5.92 Å². The van der Waals surface area contributed by atoms with Crippen LogP contribution < -0.4 is 0 Å². The molecule has 0 saturated heterocycles. The van der Waals surface area contributed by atoms with Gasteiger partial charge in [0.15, 0.2) is 0 Å². The largest absolute Gasteiger partial charge is 0.392 e. The number of nitro groups is 1. The van der Waals surface area contributed by atoms with Crippen molar-refractivity contribution in [3.05, 3.63) is 40.2 Å². The normalized spacial score (nSPS) is 23.3. The van der Waals surface area contributed by atoms with Crippen LogP contribution in [0.25, 0.3) is 5.57 Å². The zero-order valence-electron chi connectivity index (χ0n) is 10.2. The second-order valence-corrected chi connectivity index (χ2v) is 4.59. The zero-order chi connectivity index (χ0) is 14.9.